The Balaban J connectivity index is 1.91. The lowest BCUT2D eigenvalue weighted by Gasteiger charge is -2.31. The van der Waals surface area contributed by atoms with Gasteiger partial charge in [0.2, 0.25) is 5.91 Å². The number of hydrogen-bond acceptors (Lipinski definition) is 4. The fraction of sp³-hybridized carbons (Fsp3) is 0.409. The third-order valence-corrected chi connectivity index (χ3v) is 6.23. The monoisotopic (exact) mass is 393 g/mol. The van der Waals surface area contributed by atoms with Crippen LogP contribution in [0, 0.1) is 13.8 Å². The Morgan fingerprint density at radius 1 is 1.24 bits per heavy atom. The summed E-state index contributed by atoms with van der Waals surface area (Å²) in [5.74, 6) is -0.490. The van der Waals surface area contributed by atoms with Gasteiger partial charge in [0, 0.05) is 29.6 Å². The molecule has 0 radical (unpaired) electrons. The van der Waals surface area contributed by atoms with Crippen LogP contribution < -0.4 is 17.0 Å². The number of rotatable bonds is 5. The van der Waals surface area contributed by atoms with Gasteiger partial charge in [-0.05, 0) is 56.0 Å². The van der Waals surface area contributed by atoms with E-state index in [1.807, 2.05) is 30.7 Å². The van der Waals surface area contributed by atoms with Gasteiger partial charge in [0.15, 0.2) is 0 Å². The number of nitrogens with one attached hydrogen (secondary N) is 1. The number of carbonyl (C=O) groups excluding carboxylic acids is 1. The highest BCUT2D eigenvalue weighted by Gasteiger charge is 2.39. The summed E-state index contributed by atoms with van der Waals surface area (Å²) in [4.78, 5) is 27.6. The maximum absolute atomic E-state index is 12.7. The summed E-state index contributed by atoms with van der Waals surface area (Å²) in [6.45, 7) is 4.19. The van der Waals surface area contributed by atoms with Crippen molar-refractivity contribution >= 4 is 16.8 Å². The van der Waals surface area contributed by atoms with Crippen LogP contribution in [-0.2, 0) is 18.5 Å². The van der Waals surface area contributed by atoms with E-state index in [1.165, 1.54) is 0 Å². The normalized spacial score (nSPS) is 15.8. The zero-order chi connectivity index (χ0) is 20.8. The van der Waals surface area contributed by atoms with Gasteiger partial charge in [-0.3, -0.25) is 14.3 Å². The number of benzene rings is 1. The third-order valence-electron chi connectivity index (χ3n) is 6.23. The Morgan fingerprint density at radius 2 is 1.97 bits per heavy atom. The quantitative estimate of drug-likeness (QED) is 0.616. The van der Waals surface area contributed by atoms with Gasteiger partial charge < -0.3 is 16.5 Å². The molecule has 3 aromatic rings. The summed E-state index contributed by atoms with van der Waals surface area (Å²) in [6, 6.07) is 5.74. The summed E-state index contributed by atoms with van der Waals surface area (Å²) in [6.07, 6.45) is 6.31. The summed E-state index contributed by atoms with van der Waals surface area (Å²) >= 11 is 0. The number of aryl methyl sites for hydroxylation is 2. The van der Waals surface area contributed by atoms with E-state index < -0.39 is 5.91 Å². The molecule has 0 saturated heterocycles. The summed E-state index contributed by atoms with van der Waals surface area (Å²) in [5.41, 5.74) is 15.9. The molecule has 0 aliphatic heterocycles. The zero-order valence-corrected chi connectivity index (χ0v) is 16.9. The number of H-pyrrole nitrogens is 1. The topological polar surface area (TPSA) is 120 Å². The minimum atomic E-state index is -0.490. The van der Waals surface area contributed by atoms with E-state index in [0.29, 0.717) is 18.5 Å². The van der Waals surface area contributed by atoms with Crippen LogP contribution in [0.25, 0.3) is 10.9 Å². The van der Waals surface area contributed by atoms with Gasteiger partial charge in [-0.1, -0.05) is 12.8 Å². The molecule has 152 valence electrons. The molecular weight excluding hydrogens is 366 g/mol. The van der Waals surface area contributed by atoms with E-state index in [0.717, 1.165) is 59.0 Å². The summed E-state index contributed by atoms with van der Waals surface area (Å²) in [5, 5.41) is 5.43. The molecule has 0 atom stereocenters. The Kier molecular flexibility index (Phi) is 4.78. The molecule has 1 saturated carbocycles. The van der Waals surface area contributed by atoms with Crippen LogP contribution in [0.3, 0.4) is 0 Å². The van der Waals surface area contributed by atoms with E-state index in [4.69, 9.17) is 16.6 Å². The van der Waals surface area contributed by atoms with Crippen molar-refractivity contribution in [2.24, 2.45) is 11.5 Å². The fourth-order valence-electron chi connectivity index (χ4n) is 4.81. The van der Waals surface area contributed by atoms with E-state index >= 15 is 0 Å². The number of amides is 1. The van der Waals surface area contributed by atoms with Gasteiger partial charge in [-0.2, -0.15) is 5.10 Å². The minimum absolute atomic E-state index is 0.0364. The van der Waals surface area contributed by atoms with Crippen molar-refractivity contribution in [3.8, 4) is 0 Å². The fourth-order valence-corrected chi connectivity index (χ4v) is 4.81. The highest BCUT2D eigenvalue weighted by atomic mass is 16.1. The highest BCUT2D eigenvalue weighted by molar-refractivity contribution is 6.05. The number of pyridine rings is 1. The molecular formula is C22H27N5O2. The van der Waals surface area contributed by atoms with E-state index in [2.05, 4.69) is 4.98 Å². The maximum Gasteiger partial charge on any atom is 0.251 e. The van der Waals surface area contributed by atoms with Gasteiger partial charge in [0.05, 0.1) is 22.8 Å². The minimum Gasteiger partial charge on any atom is -0.366 e. The first-order valence-corrected chi connectivity index (χ1v) is 10.0. The molecule has 1 amide bonds. The van der Waals surface area contributed by atoms with Crippen molar-refractivity contribution in [2.75, 3.05) is 0 Å². The molecule has 1 fully saturated rings. The molecule has 1 aliphatic carbocycles. The Bertz CT molecular complexity index is 1150. The van der Waals surface area contributed by atoms with Crippen molar-refractivity contribution in [3.05, 3.63) is 62.7 Å². The van der Waals surface area contributed by atoms with Crippen LogP contribution in [0.2, 0.25) is 0 Å². The van der Waals surface area contributed by atoms with Crippen LogP contribution in [0.1, 0.15) is 58.4 Å². The highest BCUT2D eigenvalue weighted by Crippen LogP contribution is 2.41. The largest absolute Gasteiger partial charge is 0.366 e. The van der Waals surface area contributed by atoms with Crippen molar-refractivity contribution in [3.63, 3.8) is 0 Å². The predicted octanol–water partition coefficient (Wildman–Crippen LogP) is 2.41. The molecule has 5 N–H and O–H groups in total. The molecule has 2 heterocycles. The molecule has 0 spiro atoms. The van der Waals surface area contributed by atoms with E-state index in [9.17, 15) is 9.59 Å². The van der Waals surface area contributed by atoms with Crippen LogP contribution in [0.5, 0.6) is 0 Å². The standard InChI is InChI=1S/C22H27N5O2/c1-13-7-14(2)26-21(29)17(13)10-22(5-3-4-6-22)27-19-9-15(11-23)8-16(20(24)28)18(19)12-25-27/h7-9,12H,3-6,10-11,23H2,1-2H3,(H2,24,28)(H,26,29). The molecule has 1 aliphatic rings. The van der Waals surface area contributed by atoms with Gasteiger partial charge in [0.25, 0.3) is 5.56 Å². The lowest BCUT2D eigenvalue weighted by molar-refractivity contribution is 0.100. The number of nitrogens with two attached hydrogens (primary N) is 2. The van der Waals surface area contributed by atoms with Gasteiger partial charge in [-0.25, -0.2) is 0 Å². The van der Waals surface area contributed by atoms with Crippen LogP contribution >= 0.6 is 0 Å². The second kappa shape index (κ2) is 7.15. The number of carbonyl (C=O) groups is 1. The predicted molar refractivity (Wildman–Crippen MR) is 113 cm³/mol. The number of aromatic amines is 1. The SMILES string of the molecule is Cc1cc(C)c(CC2(n3ncc4c(C(N)=O)cc(CN)cc43)CCCC2)c(=O)[nH]1. The molecule has 7 nitrogen and oxygen atoms in total. The Labute approximate surface area is 169 Å². The lowest BCUT2D eigenvalue weighted by atomic mass is 9.87. The average molecular weight is 393 g/mol. The first-order valence-electron chi connectivity index (χ1n) is 10.0. The van der Waals surface area contributed by atoms with Gasteiger partial charge >= 0.3 is 0 Å². The number of primary amides is 1. The molecule has 0 bridgehead atoms. The van der Waals surface area contributed by atoms with Crippen LogP contribution in [-0.4, -0.2) is 20.7 Å². The van der Waals surface area contributed by atoms with Crippen LogP contribution in [0.15, 0.2) is 29.2 Å². The molecule has 7 heteroatoms. The van der Waals surface area contributed by atoms with E-state index in [1.54, 1.807) is 12.3 Å². The third kappa shape index (κ3) is 3.25. The van der Waals surface area contributed by atoms with Gasteiger partial charge in [0.1, 0.15) is 0 Å². The summed E-state index contributed by atoms with van der Waals surface area (Å²) in [7, 11) is 0. The first kappa shape index (κ1) is 19.4. The second-order valence-electron chi connectivity index (χ2n) is 8.25. The number of nitrogens with zero attached hydrogens (tertiary/aromatic N) is 2. The maximum atomic E-state index is 12.7. The van der Waals surface area contributed by atoms with Crippen molar-refractivity contribution < 1.29 is 4.79 Å². The molecule has 4 rings (SSSR count). The summed E-state index contributed by atoms with van der Waals surface area (Å²) < 4.78 is 2.01. The number of hydrogen-bond donors (Lipinski definition) is 3. The zero-order valence-electron chi connectivity index (χ0n) is 16.9. The Morgan fingerprint density at radius 3 is 2.59 bits per heavy atom. The van der Waals surface area contributed by atoms with Crippen molar-refractivity contribution in [1.82, 2.24) is 14.8 Å². The molecule has 2 aromatic heterocycles. The number of aromatic nitrogens is 3. The molecule has 1 aromatic carbocycles. The number of fused-ring (bicyclic) bond motifs is 1. The van der Waals surface area contributed by atoms with Crippen molar-refractivity contribution in [2.45, 2.75) is 58.0 Å². The lowest BCUT2D eigenvalue weighted by Crippen LogP contribution is -2.36. The average Bonchev–Trinajstić information content (AvgIpc) is 3.31. The molecule has 29 heavy (non-hydrogen) atoms. The van der Waals surface area contributed by atoms with Crippen molar-refractivity contribution in [1.29, 1.82) is 0 Å². The second-order valence-corrected chi connectivity index (χ2v) is 8.25. The smallest absolute Gasteiger partial charge is 0.251 e. The van der Waals surface area contributed by atoms with Crippen LogP contribution in [0.4, 0.5) is 0 Å². The Hall–Kier alpha value is -2.93. The van der Waals surface area contributed by atoms with E-state index in [-0.39, 0.29) is 11.1 Å². The molecule has 0 unspecified atom stereocenters. The van der Waals surface area contributed by atoms with Gasteiger partial charge in [-0.15, -0.1) is 0 Å². The first-order chi connectivity index (χ1) is 13.8.